The number of anilines is 2. The van der Waals surface area contributed by atoms with Crippen molar-refractivity contribution in [2.24, 2.45) is 0 Å². The molecule has 28 heavy (non-hydrogen) atoms. The highest BCUT2D eigenvalue weighted by molar-refractivity contribution is 8.02. The van der Waals surface area contributed by atoms with Crippen molar-refractivity contribution in [2.45, 2.75) is 0 Å². The summed E-state index contributed by atoms with van der Waals surface area (Å²) < 4.78 is 11.6. The average molecular weight is 461 g/mol. The Bertz CT molecular complexity index is 541. The van der Waals surface area contributed by atoms with Crippen molar-refractivity contribution >= 4 is 56.5 Å². The molecule has 0 saturated carbocycles. The fourth-order valence-electron chi connectivity index (χ4n) is 2.69. The highest BCUT2D eigenvalue weighted by atomic mass is 32.2. The number of ether oxygens (including phenoxy) is 2. The van der Waals surface area contributed by atoms with Crippen molar-refractivity contribution in [1.29, 1.82) is 0 Å². The molecule has 0 radical (unpaired) electrons. The molecule has 156 valence electrons. The van der Waals surface area contributed by atoms with Gasteiger partial charge in [0.15, 0.2) is 10.3 Å². The van der Waals surface area contributed by atoms with Crippen LogP contribution in [0.15, 0.2) is 23.2 Å². The monoisotopic (exact) mass is 460 g/mol. The predicted octanol–water partition coefficient (Wildman–Crippen LogP) is 3.43. The van der Waals surface area contributed by atoms with Gasteiger partial charge in [-0.25, -0.2) is 9.97 Å². The first-order chi connectivity index (χ1) is 13.9. The van der Waals surface area contributed by atoms with Crippen LogP contribution in [0.25, 0.3) is 0 Å². The van der Waals surface area contributed by atoms with E-state index in [4.69, 9.17) is 9.47 Å². The van der Waals surface area contributed by atoms with Gasteiger partial charge in [0.2, 0.25) is 0 Å². The molecule has 0 N–H and O–H groups in total. The Morgan fingerprint density at radius 2 is 1.14 bits per heavy atom. The van der Waals surface area contributed by atoms with E-state index in [1.54, 1.807) is 22.7 Å². The molecule has 0 atom stereocenters. The zero-order chi connectivity index (χ0) is 19.3. The number of thiazole rings is 2. The first-order valence-corrected chi connectivity index (χ1v) is 13.6. The van der Waals surface area contributed by atoms with Crippen molar-refractivity contribution in [1.82, 2.24) is 9.97 Å². The van der Waals surface area contributed by atoms with Crippen molar-refractivity contribution in [2.75, 3.05) is 85.4 Å². The average Bonchev–Trinajstić information content (AvgIpc) is 3.42. The molecule has 10 heteroatoms. The molecule has 3 heterocycles. The van der Waals surface area contributed by atoms with E-state index in [-0.39, 0.29) is 0 Å². The normalized spacial score (nSPS) is 19.9. The highest BCUT2D eigenvalue weighted by Gasteiger charge is 2.11. The molecule has 3 rings (SSSR count). The number of hydrogen-bond acceptors (Lipinski definition) is 10. The van der Waals surface area contributed by atoms with Gasteiger partial charge in [0.1, 0.15) is 0 Å². The maximum Gasteiger partial charge on any atom is 0.185 e. The second-order valence-electron chi connectivity index (χ2n) is 6.05. The maximum atomic E-state index is 5.78. The molecule has 1 aliphatic heterocycles. The molecule has 0 unspecified atom stereocenters. The van der Waals surface area contributed by atoms with Gasteiger partial charge in [0, 0.05) is 72.3 Å². The lowest BCUT2D eigenvalue weighted by atomic mass is 10.5. The molecule has 1 saturated heterocycles. The lowest BCUT2D eigenvalue weighted by Gasteiger charge is -2.23. The van der Waals surface area contributed by atoms with E-state index < -0.39 is 0 Å². The molecule has 6 nitrogen and oxygen atoms in total. The zero-order valence-electron chi connectivity index (χ0n) is 16.0. The summed E-state index contributed by atoms with van der Waals surface area (Å²) in [6.07, 6.45) is 3.75. The van der Waals surface area contributed by atoms with E-state index in [0.29, 0.717) is 26.4 Å². The van der Waals surface area contributed by atoms with Gasteiger partial charge in [-0.15, -0.1) is 22.7 Å². The standard InChI is InChI=1S/C18H28N4O2S4/c1-11-27-17(19-1)21-3-7-23-9-10-24-8-4-22(18-20-2-12-28-18)6-14-26-16-15-25-13-5-21/h1-2,11-12H,3-10,13-16H2. The molecule has 0 bridgehead atoms. The SMILES string of the molecule is c1csc(N2CCOCCOCCN(c3nccs3)CCSCCSCC2)n1. The summed E-state index contributed by atoms with van der Waals surface area (Å²) in [5.41, 5.74) is 0. The molecule has 0 aliphatic carbocycles. The molecular weight excluding hydrogens is 432 g/mol. The number of hydrogen-bond donors (Lipinski definition) is 0. The van der Waals surface area contributed by atoms with Gasteiger partial charge in [-0.3, -0.25) is 0 Å². The first kappa shape index (κ1) is 22.2. The Morgan fingerprint density at radius 1 is 0.643 bits per heavy atom. The number of rotatable bonds is 2. The molecule has 0 aromatic carbocycles. The topological polar surface area (TPSA) is 50.7 Å². The van der Waals surface area contributed by atoms with Crippen molar-refractivity contribution in [3.63, 3.8) is 0 Å². The van der Waals surface area contributed by atoms with Gasteiger partial charge in [-0.1, -0.05) is 0 Å². The van der Waals surface area contributed by atoms with E-state index in [1.165, 1.54) is 11.5 Å². The van der Waals surface area contributed by atoms with E-state index in [2.05, 4.69) is 19.8 Å². The smallest absolute Gasteiger partial charge is 0.185 e. The largest absolute Gasteiger partial charge is 0.377 e. The van der Waals surface area contributed by atoms with Gasteiger partial charge >= 0.3 is 0 Å². The summed E-state index contributed by atoms with van der Waals surface area (Å²) in [7, 11) is 0. The second-order valence-corrected chi connectivity index (χ2v) is 10.2. The van der Waals surface area contributed by atoms with Gasteiger partial charge in [-0.05, 0) is 0 Å². The summed E-state index contributed by atoms with van der Waals surface area (Å²) in [5, 5.41) is 6.25. The number of nitrogens with zero attached hydrogens (tertiary/aromatic N) is 4. The lowest BCUT2D eigenvalue weighted by molar-refractivity contribution is 0.0530. The minimum atomic E-state index is 0.633. The van der Waals surface area contributed by atoms with Crippen LogP contribution >= 0.6 is 46.2 Å². The lowest BCUT2D eigenvalue weighted by Crippen LogP contribution is -2.31. The summed E-state index contributed by atoms with van der Waals surface area (Å²) in [6, 6.07) is 0. The van der Waals surface area contributed by atoms with Crippen LogP contribution in [0.2, 0.25) is 0 Å². The van der Waals surface area contributed by atoms with Crippen molar-refractivity contribution in [3.8, 4) is 0 Å². The summed E-state index contributed by atoms with van der Waals surface area (Å²) in [5.74, 6) is 4.61. The Kier molecular flexibility index (Phi) is 10.8. The van der Waals surface area contributed by atoms with Crippen LogP contribution in [0, 0.1) is 0 Å². The minimum absolute atomic E-state index is 0.633. The van der Waals surface area contributed by atoms with Crippen LogP contribution in [0.5, 0.6) is 0 Å². The van der Waals surface area contributed by atoms with E-state index >= 15 is 0 Å². The Balaban J connectivity index is 1.45. The molecular formula is C18H28N4O2S4. The second kappa shape index (κ2) is 13.7. The van der Waals surface area contributed by atoms with Crippen LogP contribution in [0.1, 0.15) is 0 Å². The van der Waals surface area contributed by atoms with Crippen LogP contribution in [-0.2, 0) is 9.47 Å². The highest BCUT2D eigenvalue weighted by Crippen LogP contribution is 2.19. The molecule has 0 spiro atoms. The Labute approximate surface area is 184 Å². The third-order valence-electron chi connectivity index (χ3n) is 4.15. The van der Waals surface area contributed by atoms with Gasteiger partial charge in [-0.2, -0.15) is 23.5 Å². The van der Waals surface area contributed by atoms with E-state index in [9.17, 15) is 0 Å². The van der Waals surface area contributed by atoms with Crippen LogP contribution in [-0.4, -0.2) is 85.6 Å². The molecule has 2 aromatic rings. The fourth-order valence-corrected chi connectivity index (χ4v) is 6.14. The van der Waals surface area contributed by atoms with Crippen molar-refractivity contribution < 1.29 is 9.47 Å². The third kappa shape index (κ3) is 8.08. The predicted molar refractivity (Wildman–Crippen MR) is 125 cm³/mol. The van der Waals surface area contributed by atoms with Crippen molar-refractivity contribution in [3.05, 3.63) is 23.2 Å². The van der Waals surface area contributed by atoms with Crippen LogP contribution in [0.3, 0.4) is 0 Å². The summed E-state index contributed by atoms with van der Waals surface area (Å²) in [6.45, 7) is 6.45. The van der Waals surface area contributed by atoms with Gasteiger partial charge in [0.25, 0.3) is 0 Å². The molecule has 1 aliphatic rings. The first-order valence-electron chi connectivity index (χ1n) is 9.53. The number of aromatic nitrogens is 2. The van der Waals surface area contributed by atoms with E-state index in [1.807, 2.05) is 46.7 Å². The zero-order valence-corrected chi connectivity index (χ0v) is 19.3. The molecule has 2 aromatic heterocycles. The summed E-state index contributed by atoms with van der Waals surface area (Å²) in [4.78, 5) is 13.6. The van der Waals surface area contributed by atoms with Gasteiger partial charge in [0.05, 0.1) is 26.4 Å². The molecule has 1 fully saturated rings. The minimum Gasteiger partial charge on any atom is -0.377 e. The quantitative estimate of drug-likeness (QED) is 0.676. The maximum absolute atomic E-state index is 5.78. The Hall–Kier alpha value is -0.520. The third-order valence-corrected chi connectivity index (χ3v) is 8.00. The summed E-state index contributed by atoms with van der Waals surface area (Å²) >= 11 is 7.44. The van der Waals surface area contributed by atoms with E-state index in [0.717, 1.165) is 47.9 Å². The van der Waals surface area contributed by atoms with Crippen LogP contribution in [0.4, 0.5) is 10.3 Å². The van der Waals surface area contributed by atoms with Crippen LogP contribution < -0.4 is 9.80 Å². The molecule has 0 amide bonds. The number of thioether (sulfide) groups is 2. The fraction of sp³-hybridized carbons (Fsp3) is 0.667. The van der Waals surface area contributed by atoms with Gasteiger partial charge < -0.3 is 19.3 Å². The Morgan fingerprint density at radius 3 is 1.57 bits per heavy atom.